The Labute approximate surface area is 220 Å². The standard InChI is InChI=1S/C12H13NO2.C8H11BO3.C4H4INO.CH4/c1-8-6-10(14-3)4-5-11(8)12-7-13-15-9(12)2;1-6-5-7(12-2)3-4-8(6)9(10)11;1-3-4(5)2-6-7-3;/h4-7H,1-3H3;3-5,10-11H,1-2H3;2H,1H3;1H4. The Morgan fingerprint density at radius 3 is 1.69 bits per heavy atom. The van der Waals surface area contributed by atoms with Gasteiger partial charge in [0.1, 0.15) is 23.0 Å². The number of methoxy groups -OCH3 is 2. The molecule has 0 aliphatic rings. The fourth-order valence-electron chi connectivity index (χ4n) is 2.97. The number of ether oxygens (including phenoxy) is 2. The molecule has 35 heavy (non-hydrogen) atoms. The number of aromatic nitrogens is 2. The highest BCUT2D eigenvalue weighted by Gasteiger charge is 2.13. The van der Waals surface area contributed by atoms with Gasteiger partial charge in [0.05, 0.1) is 30.2 Å². The topological polar surface area (TPSA) is 111 Å². The molecule has 188 valence electrons. The summed E-state index contributed by atoms with van der Waals surface area (Å²) in [6, 6.07) is 11.1. The van der Waals surface area contributed by atoms with Crippen LogP contribution in [0.15, 0.2) is 57.8 Å². The third-order valence-electron chi connectivity index (χ3n) is 4.92. The van der Waals surface area contributed by atoms with Gasteiger partial charge in [-0.2, -0.15) is 0 Å². The van der Waals surface area contributed by atoms with Crippen LogP contribution in [-0.2, 0) is 0 Å². The second-order valence-corrected chi connectivity index (χ2v) is 8.46. The van der Waals surface area contributed by atoms with Crippen molar-refractivity contribution in [1.82, 2.24) is 10.3 Å². The van der Waals surface area contributed by atoms with Gasteiger partial charge >= 0.3 is 7.12 Å². The summed E-state index contributed by atoms with van der Waals surface area (Å²) in [4.78, 5) is 0. The van der Waals surface area contributed by atoms with Crippen molar-refractivity contribution in [1.29, 1.82) is 0 Å². The molecule has 0 saturated carbocycles. The Morgan fingerprint density at radius 2 is 1.31 bits per heavy atom. The van der Waals surface area contributed by atoms with Crippen molar-refractivity contribution in [3.05, 3.63) is 75.0 Å². The number of hydrogen-bond donors (Lipinski definition) is 2. The number of halogens is 1. The van der Waals surface area contributed by atoms with Crippen LogP contribution in [0.25, 0.3) is 11.1 Å². The van der Waals surface area contributed by atoms with Crippen LogP contribution in [0.1, 0.15) is 30.1 Å². The average molecular weight is 594 g/mol. The van der Waals surface area contributed by atoms with Gasteiger partial charge in [-0.3, -0.25) is 0 Å². The fraction of sp³-hybridized carbons (Fsp3) is 0.280. The lowest BCUT2D eigenvalue weighted by Gasteiger charge is -2.06. The lowest BCUT2D eigenvalue weighted by atomic mass is 9.77. The summed E-state index contributed by atoms with van der Waals surface area (Å²) in [6.45, 7) is 7.64. The van der Waals surface area contributed by atoms with Crippen LogP contribution in [0.2, 0.25) is 0 Å². The van der Waals surface area contributed by atoms with E-state index >= 15 is 0 Å². The second kappa shape index (κ2) is 14.5. The van der Waals surface area contributed by atoms with Crippen LogP contribution >= 0.6 is 22.6 Å². The van der Waals surface area contributed by atoms with Crippen LogP contribution in [0.3, 0.4) is 0 Å². The first-order chi connectivity index (χ1) is 16.2. The summed E-state index contributed by atoms with van der Waals surface area (Å²) in [7, 11) is 1.83. The summed E-state index contributed by atoms with van der Waals surface area (Å²) in [5.41, 5.74) is 4.64. The summed E-state index contributed by atoms with van der Waals surface area (Å²) in [6.07, 6.45) is 3.43. The van der Waals surface area contributed by atoms with E-state index in [1.807, 2.05) is 39.0 Å². The molecule has 10 heteroatoms. The Kier molecular flexibility index (Phi) is 12.6. The first-order valence-corrected chi connectivity index (χ1v) is 11.4. The normalized spacial score (nSPS) is 9.63. The van der Waals surface area contributed by atoms with Crippen molar-refractivity contribution in [3.63, 3.8) is 0 Å². The maximum Gasteiger partial charge on any atom is 0.488 e. The van der Waals surface area contributed by atoms with E-state index in [0.717, 1.165) is 48.8 Å². The van der Waals surface area contributed by atoms with E-state index in [0.29, 0.717) is 5.46 Å². The quantitative estimate of drug-likeness (QED) is 0.255. The zero-order chi connectivity index (χ0) is 25.3. The molecule has 0 spiro atoms. The van der Waals surface area contributed by atoms with Crippen molar-refractivity contribution in [2.45, 2.75) is 35.1 Å². The molecule has 0 bridgehead atoms. The number of hydrogen-bond acceptors (Lipinski definition) is 8. The van der Waals surface area contributed by atoms with Crippen LogP contribution in [0.4, 0.5) is 0 Å². The van der Waals surface area contributed by atoms with Crippen molar-refractivity contribution >= 4 is 35.2 Å². The Balaban J connectivity index is 0.000000275. The maximum atomic E-state index is 8.88. The molecule has 0 aliphatic heterocycles. The minimum Gasteiger partial charge on any atom is -0.497 e. The summed E-state index contributed by atoms with van der Waals surface area (Å²) in [5, 5.41) is 25.1. The van der Waals surface area contributed by atoms with E-state index in [1.165, 1.54) is 0 Å². The molecule has 0 fully saturated rings. The van der Waals surface area contributed by atoms with Gasteiger partial charge in [0, 0.05) is 5.56 Å². The van der Waals surface area contributed by atoms with E-state index in [2.05, 4.69) is 32.9 Å². The predicted octanol–water partition coefficient (Wildman–Crippen LogP) is 4.87. The van der Waals surface area contributed by atoms with Gasteiger partial charge in [-0.05, 0) is 96.7 Å². The smallest absolute Gasteiger partial charge is 0.488 e. The molecule has 4 aromatic rings. The van der Waals surface area contributed by atoms with Crippen molar-refractivity contribution in [2.75, 3.05) is 14.2 Å². The average Bonchev–Trinajstić information content (AvgIpc) is 3.41. The highest BCUT2D eigenvalue weighted by molar-refractivity contribution is 14.1. The molecule has 0 amide bonds. The summed E-state index contributed by atoms with van der Waals surface area (Å²) in [5.74, 6) is 3.31. The van der Waals surface area contributed by atoms with E-state index in [9.17, 15) is 0 Å². The monoisotopic (exact) mass is 594 g/mol. The third-order valence-corrected chi connectivity index (χ3v) is 5.96. The minimum atomic E-state index is -1.41. The van der Waals surface area contributed by atoms with Crippen LogP contribution < -0.4 is 14.9 Å². The molecular formula is C25H32BIN2O6. The van der Waals surface area contributed by atoms with Crippen LogP contribution in [-0.4, -0.2) is 41.7 Å². The van der Waals surface area contributed by atoms with E-state index < -0.39 is 7.12 Å². The molecule has 2 heterocycles. The molecule has 2 aromatic heterocycles. The highest BCUT2D eigenvalue weighted by Crippen LogP contribution is 2.28. The third kappa shape index (κ3) is 8.72. The highest BCUT2D eigenvalue weighted by atomic mass is 127. The molecule has 2 aromatic carbocycles. The Hall–Kier alpha value is -2.83. The van der Waals surface area contributed by atoms with Gasteiger partial charge in [-0.15, -0.1) is 0 Å². The van der Waals surface area contributed by atoms with Crippen molar-refractivity contribution in [2.24, 2.45) is 0 Å². The second-order valence-electron chi connectivity index (χ2n) is 7.30. The zero-order valence-electron chi connectivity index (χ0n) is 20.0. The van der Waals surface area contributed by atoms with Gasteiger partial charge in [-0.25, -0.2) is 0 Å². The molecule has 0 radical (unpaired) electrons. The minimum absolute atomic E-state index is 0. The summed E-state index contributed by atoms with van der Waals surface area (Å²) < 4.78 is 21.0. The first-order valence-electron chi connectivity index (χ1n) is 10.3. The Bertz CT molecular complexity index is 1180. The largest absolute Gasteiger partial charge is 0.497 e. The van der Waals surface area contributed by atoms with Crippen molar-refractivity contribution < 1.29 is 28.6 Å². The predicted molar refractivity (Wildman–Crippen MR) is 146 cm³/mol. The first kappa shape index (κ1) is 30.2. The molecule has 0 saturated heterocycles. The number of aryl methyl sites for hydroxylation is 4. The number of nitrogens with zero attached hydrogens (tertiary/aromatic N) is 2. The summed E-state index contributed by atoms with van der Waals surface area (Å²) >= 11 is 2.16. The SMILES string of the molecule is C.COc1ccc(-c2cnoc2C)c(C)c1.COc1ccc(B(O)O)c(C)c1.Cc1oncc1I. The number of rotatable bonds is 4. The number of benzene rings is 2. The lowest BCUT2D eigenvalue weighted by Crippen LogP contribution is -2.31. The van der Waals surface area contributed by atoms with E-state index in [1.54, 1.807) is 51.7 Å². The zero-order valence-corrected chi connectivity index (χ0v) is 22.2. The van der Waals surface area contributed by atoms with Crippen molar-refractivity contribution in [3.8, 4) is 22.6 Å². The van der Waals surface area contributed by atoms with Crippen LogP contribution in [0, 0.1) is 31.3 Å². The molecule has 4 rings (SSSR count). The molecular weight excluding hydrogens is 562 g/mol. The van der Waals surface area contributed by atoms with Gasteiger partial charge in [0.25, 0.3) is 0 Å². The van der Waals surface area contributed by atoms with Crippen LogP contribution in [0.5, 0.6) is 11.5 Å². The molecule has 8 nitrogen and oxygen atoms in total. The van der Waals surface area contributed by atoms with Gasteiger partial charge in [-0.1, -0.05) is 29.9 Å². The van der Waals surface area contributed by atoms with Gasteiger partial charge < -0.3 is 28.6 Å². The fourth-order valence-corrected chi connectivity index (χ4v) is 3.19. The van der Waals surface area contributed by atoms with E-state index in [-0.39, 0.29) is 7.43 Å². The van der Waals surface area contributed by atoms with E-state index in [4.69, 9.17) is 28.6 Å². The van der Waals surface area contributed by atoms with Gasteiger partial charge in [0.2, 0.25) is 0 Å². The molecule has 0 aliphatic carbocycles. The van der Waals surface area contributed by atoms with Gasteiger partial charge in [0.15, 0.2) is 0 Å². The Morgan fingerprint density at radius 1 is 0.771 bits per heavy atom. The lowest BCUT2D eigenvalue weighted by molar-refractivity contribution is 0.396. The molecule has 0 atom stereocenters. The molecule has 2 N–H and O–H groups in total. The molecule has 0 unspecified atom stereocenters. The maximum absolute atomic E-state index is 8.88.